The van der Waals surface area contributed by atoms with Crippen LogP contribution in [0.15, 0.2) is 41.3 Å². The van der Waals surface area contributed by atoms with E-state index in [9.17, 15) is 14.4 Å². The van der Waals surface area contributed by atoms with E-state index in [2.05, 4.69) is 10.1 Å². The van der Waals surface area contributed by atoms with Gasteiger partial charge in [-0.2, -0.15) is 0 Å². The molecule has 1 aromatic rings. The van der Waals surface area contributed by atoms with Crippen LogP contribution in [0.4, 0.5) is 0 Å². The number of rotatable bonds is 6. The van der Waals surface area contributed by atoms with E-state index in [-0.39, 0.29) is 17.7 Å². The highest BCUT2D eigenvalue weighted by atomic mass is 32.2. The van der Waals surface area contributed by atoms with Crippen LogP contribution in [0.5, 0.6) is 0 Å². The maximum absolute atomic E-state index is 12.3. The molecule has 0 aromatic heterocycles. The number of Topliss-reactive ketones (excluding diaryl/α,β-unsaturated/α-hetero) is 1. The van der Waals surface area contributed by atoms with Crippen LogP contribution in [0.2, 0.25) is 0 Å². The molecule has 0 radical (unpaired) electrons. The van der Waals surface area contributed by atoms with Gasteiger partial charge in [0.15, 0.2) is 5.78 Å². The van der Waals surface area contributed by atoms with Gasteiger partial charge in [-0.3, -0.25) is 14.4 Å². The van der Waals surface area contributed by atoms with Gasteiger partial charge < -0.3 is 10.1 Å². The molecule has 1 heterocycles. The summed E-state index contributed by atoms with van der Waals surface area (Å²) in [6, 6.07) is 8.35. The molecule has 5 nitrogen and oxygen atoms in total. The fourth-order valence-electron chi connectivity index (χ4n) is 2.17. The zero-order valence-electron chi connectivity index (χ0n) is 12.9. The number of methoxy groups -OCH3 is 1. The third-order valence-corrected chi connectivity index (χ3v) is 4.63. The summed E-state index contributed by atoms with van der Waals surface area (Å²) in [4.78, 5) is 36.0. The molecule has 1 N–H and O–H groups in total. The topological polar surface area (TPSA) is 72.5 Å². The number of unbranched alkanes of at least 4 members (excludes halogenated alkanes) is 1. The Morgan fingerprint density at radius 3 is 2.78 bits per heavy atom. The molecule has 1 aliphatic heterocycles. The van der Waals surface area contributed by atoms with E-state index in [1.807, 2.05) is 12.1 Å². The Labute approximate surface area is 139 Å². The smallest absolute Gasteiger partial charge is 0.305 e. The second-order valence-corrected chi connectivity index (χ2v) is 6.17. The van der Waals surface area contributed by atoms with Crippen LogP contribution in [0, 0.1) is 0 Å². The molecule has 1 atom stereocenters. The Hall–Kier alpha value is -2.08. The normalized spacial score (nSPS) is 18.9. The summed E-state index contributed by atoms with van der Waals surface area (Å²) in [5.74, 6) is -0.00379. The number of nitrogens with one attached hydrogen (secondary N) is 1. The van der Waals surface area contributed by atoms with Crippen molar-refractivity contribution in [1.29, 1.82) is 0 Å². The lowest BCUT2D eigenvalue weighted by atomic mass is 10.1. The number of esters is 1. The Morgan fingerprint density at radius 1 is 1.35 bits per heavy atom. The summed E-state index contributed by atoms with van der Waals surface area (Å²) in [6.45, 7) is 0. The van der Waals surface area contributed by atoms with Crippen LogP contribution in [0.3, 0.4) is 0 Å². The van der Waals surface area contributed by atoms with Gasteiger partial charge >= 0.3 is 5.97 Å². The molecule has 1 saturated heterocycles. The lowest BCUT2D eigenvalue weighted by Crippen LogP contribution is -2.39. The maximum Gasteiger partial charge on any atom is 0.305 e. The molecule has 23 heavy (non-hydrogen) atoms. The Balaban J connectivity index is 1.84. The van der Waals surface area contributed by atoms with Crippen molar-refractivity contribution in [2.75, 3.05) is 12.9 Å². The van der Waals surface area contributed by atoms with Gasteiger partial charge in [-0.05, 0) is 25.0 Å². The van der Waals surface area contributed by atoms with Gasteiger partial charge in [0.2, 0.25) is 0 Å². The summed E-state index contributed by atoms with van der Waals surface area (Å²) >= 11 is 1.44. The molecular formula is C17H19NO4S. The van der Waals surface area contributed by atoms with Crippen molar-refractivity contribution in [2.24, 2.45) is 0 Å². The SMILES string of the molecule is COC(=O)CCCC=C1SCC(NC(=O)c2ccccc2)C1=O. The van der Waals surface area contributed by atoms with E-state index in [4.69, 9.17) is 0 Å². The minimum atomic E-state index is -0.487. The van der Waals surface area contributed by atoms with Crippen LogP contribution in [0.1, 0.15) is 29.6 Å². The van der Waals surface area contributed by atoms with Crippen LogP contribution in [-0.2, 0) is 14.3 Å². The number of carbonyl (C=O) groups is 3. The highest BCUT2D eigenvalue weighted by Crippen LogP contribution is 2.28. The number of allylic oxidation sites excluding steroid dienone is 1. The summed E-state index contributed by atoms with van der Waals surface area (Å²) < 4.78 is 4.57. The van der Waals surface area contributed by atoms with Crippen molar-refractivity contribution >= 4 is 29.4 Å². The predicted octanol–water partition coefficient (Wildman–Crippen LogP) is 2.33. The van der Waals surface area contributed by atoms with Crippen molar-refractivity contribution in [3.8, 4) is 0 Å². The molecule has 1 fully saturated rings. The monoisotopic (exact) mass is 333 g/mol. The van der Waals surface area contributed by atoms with E-state index in [0.717, 1.165) is 0 Å². The Bertz CT molecular complexity index is 612. The van der Waals surface area contributed by atoms with Crippen LogP contribution in [0.25, 0.3) is 0 Å². The van der Waals surface area contributed by atoms with E-state index in [0.29, 0.717) is 35.5 Å². The maximum atomic E-state index is 12.3. The minimum absolute atomic E-state index is 0.0580. The molecule has 1 unspecified atom stereocenters. The quantitative estimate of drug-likeness (QED) is 0.491. The third kappa shape index (κ3) is 4.96. The van der Waals surface area contributed by atoms with Crippen molar-refractivity contribution in [3.63, 3.8) is 0 Å². The molecule has 1 aromatic carbocycles. The number of ether oxygens (including phenoxy) is 1. The first-order chi connectivity index (χ1) is 11.1. The molecule has 6 heteroatoms. The summed E-state index contributed by atoms with van der Waals surface area (Å²) in [6.07, 6.45) is 3.46. The zero-order valence-corrected chi connectivity index (χ0v) is 13.7. The van der Waals surface area contributed by atoms with Crippen LogP contribution >= 0.6 is 11.8 Å². The minimum Gasteiger partial charge on any atom is -0.469 e. The highest BCUT2D eigenvalue weighted by Gasteiger charge is 2.31. The Morgan fingerprint density at radius 2 is 2.09 bits per heavy atom. The van der Waals surface area contributed by atoms with Crippen molar-refractivity contribution in [3.05, 3.63) is 46.9 Å². The van der Waals surface area contributed by atoms with Gasteiger partial charge in [0, 0.05) is 22.6 Å². The zero-order chi connectivity index (χ0) is 16.7. The fourth-order valence-corrected chi connectivity index (χ4v) is 3.27. The summed E-state index contributed by atoms with van der Waals surface area (Å²) in [5, 5.41) is 2.77. The lowest BCUT2D eigenvalue weighted by Gasteiger charge is -2.09. The third-order valence-electron chi connectivity index (χ3n) is 3.45. The first-order valence-electron chi connectivity index (χ1n) is 7.41. The molecule has 0 aliphatic carbocycles. The van der Waals surface area contributed by atoms with E-state index in [1.165, 1.54) is 18.9 Å². The number of ketones is 1. The molecule has 2 rings (SSSR count). The molecule has 0 bridgehead atoms. The van der Waals surface area contributed by atoms with Crippen LogP contribution < -0.4 is 5.32 Å². The molecule has 0 saturated carbocycles. The number of carbonyl (C=O) groups excluding carboxylic acids is 3. The summed E-state index contributed by atoms with van der Waals surface area (Å²) in [7, 11) is 1.36. The number of hydrogen-bond donors (Lipinski definition) is 1. The van der Waals surface area contributed by atoms with Crippen LogP contribution in [-0.4, -0.2) is 36.6 Å². The predicted molar refractivity (Wildman–Crippen MR) is 89.1 cm³/mol. The molecule has 122 valence electrons. The average Bonchev–Trinajstić information content (AvgIpc) is 2.92. The second kappa shape index (κ2) is 8.53. The van der Waals surface area contributed by atoms with Gasteiger partial charge in [0.25, 0.3) is 5.91 Å². The molecular weight excluding hydrogens is 314 g/mol. The Kier molecular flexibility index (Phi) is 6.40. The first kappa shape index (κ1) is 17.3. The van der Waals surface area contributed by atoms with Gasteiger partial charge in [0.1, 0.15) is 6.04 Å². The van der Waals surface area contributed by atoms with Crippen molar-refractivity contribution in [1.82, 2.24) is 5.32 Å². The van der Waals surface area contributed by atoms with Gasteiger partial charge in [-0.1, -0.05) is 24.3 Å². The number of thioether (sulfide) groups is 1. The number of hydrogen-bond acceptors (Lipinski definition) is 5. The standard InChI is InChI=1S/C17H19NO4S/c1-22-15(19)10-6-5-9-14-16(20)13(11-23-14)18-17(21)12-7-3-2-4-8-12/h2-4,7-9,13H,5-6,10-11H2,1H3,(H,18,21). The second-order valence-electron chi connectivity index (χ2n) is 5.10. The fraction of sp³-hybridized carbons (Fsp3) is 0.353. The average molecular weight is 333 g/mol. The van der Waals surface area contributed by atoms with Gasteiger partial charge in [-0.25, -0.2) is 0 Å². The highest BCUT2D eigenvalue weighted by molar-refractivity contribution is 8.04. The largest absolute Gasteiger partial charge is 0.469 e. The molecule has 1 amide bonds. The van der Waals surface area contributed by atoms with Gasteiger partial charge in [0.05, 0.1) is 7.11 Å². The van der Waals surface area contributed by atoms with E-state index >= 15 is 0 Å². The van der Waals surface area contributed by atoms with E-state index < -0.39 is 6.04 Å². The van der Waals surface area contributed by atoms with Gasteiger partial charge in [-0.15, -0.1) is 11.8 Å². The van der Waals surface area contributed by atoms with E-state index in [1.54, 1.807) is 24.3 Å². The number of amides is 1. The molecule has 1 aliphatic rings. The van der Waals surface area contributed by atoms with Crippen molar-refractivity contribution < 1.29 is 19.1 Å². The lowest BCUT2D eigenvalue weighted by molar-refractivity contribution is -0.140. The number of benzene rings is 1. The first-order valence-corrected chi connectivity index (χ1v) is 8.40. The summed E-state index contributed by atoms with van der Waals surface area (Å²) in [5.41, 5.74) is 0.542. The van der Waals surface area contributed by atoms with Crippen molar-refractivity contribution in [2.45, 2.75) is 25.3 Å². The molecule has 0 spiro atoms.